The van der Waals surface area contributed by atoms with E-state index >= 15 is 0 Å². The van der Waals surface area contributed by atoms with Crippen molar-refractivity contribution in [2.24, 2.45) is 0 Å². The van der Waals surface area contributed by atoms with Crippen molar-refractivity contribution in [3.63, 3.8) is 0 Å². The highest BCUT2D eigenvalue weighted by Gasteiger charge is 2.30. The highest BCUT2D eigenvalue weighted by atomic mass is 35.5. The van der Waals surface area contributed by atoms with Gasteiger partial charge in [0, 0.05) is 30.2 Å². The number of hydrogen-bond donors (Lipinski definition) is 1. The van der Waals surface area contributed by atoms with Gasteiger partial charge in [-0.1, -0.05) is 11.6 Å². The Bertz CT molecular complexity index is 631. The maximum Gasteiger partial charge on any atom is 0.243 e. The average molecular weight is 351 g/mol. The fraction of sp³-hybridized carbons (Fsp3) is 0.571. The van der Waals surface area contributed by atoms with E-state index in [9.17, 15) is 12.8 Å². The van der Waals surface area contributed by atoms with E-state index < -0.39 is 20.7 Å². The minimum Gasteiger partial charge on any atom is -0.379 e. The second kappa shape index (κ2) is 6.80. The van der Waals surface area contributed by atoms with Gasteiger partial charge in [0.15, 0.2) is 0 Å². The summed E-state index contributed by atoms with van der Waals surface area (Å²) in [5.41, 5.74) is -0.389. The predicted molar refractivity (Wildman–Crippen MR) is 83.1 cm³/mol. The molecule has 0 aliphatic carbocycles. The minimum absolute atomic E-state index is 0.157. The van der Waals surface area contributed by atoms with Crippen molar-refractivity contribution in [1.29, 1.82) is 0 Å². The SMILES string of the molecule is CC(C)(CNS(=O)(=O)c1ccc(Cl)cc1F)N1CCOCC1. The second-order valence-electron chi connectivity index (χ2n) is 5.81. The van der Waals surface area contributed by atoms with Gasteiger partial charge in [0.05, 0.1) is 13.2 Å². The summed E-state index contributed by atoms with van der Waals surface area (Å²) in [7, 11) is -3.92. The summed E-state index contributed by atoms with van der Waals surface area (Å²) in [5.74, 6) is -0.857. The lowest BCUT2D eigenvalue weighted by Crippen LogP contribution is -2.55. The van der Waals surface area contributed by atoms with Crippen LogP contribution in [0.4, 0.5) is 4.39 Å². The van der Waals surface area contributed by atoms with E-state index in [1.165, 1.54) is 12.1 Å². The fourth-order valence-corrected chi connectivity index (χ4v) is 3.74. The zero-order chi connectivity index (χ0) is 16.4. The van der Waals surface area contributed by atoms with Gasteiger partial charge in [-0.3, -0.25) is 4.90 Å². The summed E-state index contributed by atoms with van der Waals surface area (Å²) < 4.78 is 46.1. The van der Waals surface area contributed by atoms with Gasteiger partial charge in [-0.05, 0) is 32.0 Å². The molecule has 22 heavy (non-hydrogen) atoms. The molecule has 124 valence electrons. The summed E-state index contributed by atoms with van der Waals surface area (Å²) >= 11 is 5.64. The van der Waals surface area contributed by atoms with Crippen LogP contribution in [0, 0.1) is 5.82 Å². The number of ether oxygens (including phenoxy) is 1. The predicted octanol–water partition coefficient (Wildman–Crippen LogP) is 1.87. The molecule has 0 amide bonds. The highest BCUT2D eigenvalue weighted by Crippen LogP contribution is 2.20. The van der Waals surface area contributed by atoms with Crippen LogP contribution in [0.1, 0.15) is 13.8 Å². The molecule has 0 aromatic heterocycles. The summed E-state index contributed by atoms with van der Waals surface area (Å²) in [6, 6.07) is 3.51. The fourth-order valence-electron chi connectivity index (χ4n) is 2.32. The van der Waals surface area contributed by atoms with Crippen LogP contribution in [0.15, 0.2) is 23.1 Å². The molecule has 2 rings (SSSR count). The quantitative estimate of drug-likeness (QED) is 0.880. The maximum atomic E-state index is 13.8. The van der Waals surface area contributed by atoms with Crippen LogP contribution >= 0.6 is 11.6 Å². The molecule has 0 unspecified atom stereocenters. The van der Waals surface area contributed by atoms with E-state index in [1.807, 2.05) is 13.8 Å². The number of nitrogens with one attached hydrogen (secondary N) is 1. The molecular weight excluding hydrogens is 331 g/mol. The minimum atomic E-state index is -3.92. The number of nitrogens with zero attached hydrogens (tertiary/aromatic N) is 1. The number of rotatable bonds is 5. The Balaban J connectivity index is 2.08. The van der Waals surface area contributed by atoms with Gasteiger partial charge in [-0.15, -0.1) is 0 Å². The topological polar surface area (TPSA) is 58.6 Å². The standard InChI is InChI=1S/C14H20ClFN2O3S/c1-14(2,18-5-7-21-8-6-18)10-17-22(19,20)13-4-3-11(15)9-12(13)16/h3-4,9,17H,5-8,10H2,1-2H3. The van der Waals surface area contributed by atoms with Crippen LogP contribution in [0.5, 0.6) is 0 Å². The number of benzene rings is 1. The van der Waals surface area contributed by atoms with Crippen molar-refractivity contribution in [2.45, 2.75) is 24.3 Å². The van der Waals surface area contributed by atoms with Crippen LogP contribution in [0.2, 0.25) is 5.02 Å². The third-order valence-electron chi connectivity index (χ3n) is 3.75. The van der Waals surface area contributed by atoms with Crippen molar-refractivity contribution in [3.8, 4) is 0 Å². The molecule has 0 radical (unpaired) electrons. The highest BCUT2D eigenvalue weighted by molar-refractivity contribution is 7.89. The lowest BCUT2D eigenvalue weighted by Gasteiger charge is -2.40. The van der Waals surface area contributed by atoms with E-state index in [0.717, 1.165) is 19.2 Å². The van der Waals surface area contributed by atoms with E-state index in [1.54, 1.807) is 0 Å². The molecule has 1 heterocycles. The van der Waals surface area contributed by atoms with Gasteiger partial charge in [0.1, 0.15) is 10.7 Å². The molecule has 5 nitrogen and oxygen atoms in total. The van der Waals surface area contributed by atoms with Crippen molar-refractivity contribution in [2.75, 3.05) is 32.8 Å². The van der Waals surface area contributed by atoms with Crippen molar-refractivity contribution in [1.82, 2.24) is 9.62 Å². The summed E-state index contributed by atoms with van der Waals surface area (Å²) in [5, 5.41) is 0.157. The van der Waals surface area contributed by atoms with Crippen LogP contribution in [-0.4, -0.2) is 51.7 Å². The first-order valence-electron chi connectivity index (χ1n) is 7.00. The summed E-state index contributed by atoms with van der Waals surface area (Å²) in [4.78, 5) is 1.76. The molecule has 1 N–H and O–H groups in total. The Hall–Kier alpha value is -0.730. The van der Waals surface area contributed by atoms with Crippen LogP contribution < -0.4 is 4.72 Å². The zero-order valence-electron chi connectivity index (χ0n) is 12.6. The van der Waals surface area contributed by atoms with Gasteiger partial charge < -0.3 is 4.74 Å². The number of morpholine rings is 1. The number of sulfonamides is 1. The van der Waals surface area contributed by atoms with Crippen molar-refractivity contribution < 1.29 is 17.5 Å². The molecule has 1 aromatic carbocycles. The molecule has 0 atom stereocenters. The maximum absolute atomic E-state index is 13.8. The van der Waals surface area contributed by atoms with E-state index in [2.05, 4.69) is 9.62 Å². The number of halogens is 2. The van der Waals surface area contributed by atoms with Crippen LogP contribution in [-0.2, 0) is 14.8 Å². The Morgan fingerprint density at radius 2 is 2.00 bits per heavy atom. The molecule has 1 aliphatic heterocycles. The first-order valence-corrected chi connectivity index (χ1v) is 8.86. The third kappa shape index (κ3) is 4.17. The molecule has 1 aliphatic rings. The summed E-state index contributed by atoms with van der Waals surface area (Å²) in [6.07, 6.45) is 0. The van der Waals surface area contributed by atoms with Crippen LogP contribution in [0.25, 0.3) is 0 Å². The molecule has 0 saturated carbocycles. The van der Waals surface area contributed by atoms with Gasteiger partial charge in [-0.25, -0.2) is 17.5 Å². The van der Waals surface area contributed by atoms with Gasteiger partial charge in [0.25, 0.3) is 0 Å². The lowest BCUT2D eigenvalue weighted by molar-refractivity contribution is -0.00803. The largest absolute Gasteiger partial charge is 0.379 e. The molecule has 0 bridgehead atoms. The Morgan fingerprint density at radius 3 is 2.59 bits per heavy atom. The first kappa shape index (κ1) is 17.6. The van der Waals surface area contributed by atoms with E-state index in [4.69, 9.17) is 16.3 Å². The summed E-state index contributed by atoms with van der Waals surface area (Å²) in [6.45, 7) is 6.80. The molecular formula is C14H20ClFN2O3S. The number of hydrogen-bond acceptors (Lipinski definition) is 4. The normalized spacial score (nSPS) is 17.6. The Kier molecular flexibility index (Phi) is 5.45. The van der Waals surface area contributed by atoms with Crippen molar-refractivity contribution >= 4 is 21.6 Å². The molecule has 1 fully saturated rings. The molecule has 1 aromatic rings. The molecule has 8 heteroatoms. The third-order valence-corrected chi connectivity index (χ3v) is 5.41. The first-order chi connectivity index (χ1) is 10.2. The average Bonchev–Trinajstić information content (AvgIpc) is 2.46. The Morgan fingerprint density at radius 1 is 1.36 bits per heavy atom. The smallest absolute Gasteiger partial charge is 0.243 e. The van der Waals surface area contributed by atoms with Gasteiger partial charge in [-0.2, -0.15) is 0 Å². The van der Waals surface area contributed by atoms with E-state index in [-0.39, 0.29) is 17.1 Å². The zero-order valence-corrected chi connectivity index (χ0v) is 14.2. The van der Waals surface area contributed by atoms with Crippen molar-refractivity contribution in [3.05, 3.63) is 29.0 Å². The molecule has 0 spiro atoms. The molecule has 1 saturated heterocycles. The van der Waals surface area contributed by atoms with Gasteiger partial charge in [0.2, 0.25) is 10.0 Å². The lowest BCUT2D eigenvalue weighted by atomic mass is 10.0. The van der Waals surface area contributed by atoms with Gasteiger partial charge >= 0.3 is 0 Å². The monoisotopic (exact) mass is 350 g/mol. The van der Waals surface area contributed by atoms with E-state index in [0.29, 0.717) is 13.2 Å². The second-order valence-corrected chi connectivity index (χ2v) is 7.98. The Labute approximate surface area is 135 Å². The van der Waals surface area contributed by atoms with Crippen LogP contribution in [0.3, 0.4) is 0 Å².